The molecule has 1 aromatic carbocycles. The first-order valence-corrected chi connectivity index (χ1v) is 11.6. The molecule has 0 aliphatic carbocycles. The summed E-state index contributed by atoms with van der Waals surface area (Å²) < 4.78 is 7.60. The van der Waals surface area contributed by atoms with Gasteiger partial charge in [-0.15, -0.1) is 0 Å². The number of piperidine rings is 1. The Morgan fingerprint density at radius 2 is 2.12 bits per heavy atom. The number of ether oxygens (including phenoxy) is 1. The number of fused-ring (bicyclic) bond motifs is 2. The predicted octanol–water partition coefficient (Wildman–Crippen LogP) is 2.82. The molecule has 1 saturated heterocycles. The molecule has 1 atom stereocenters. The van der Waals surface area contributed by atoms with Gasteiger partial charge in [0.05, 0.1) is 24.4 Å². The zero-order valence-corrected chi connectivity index (χ0v) is 19.5. The van der Waals surface area contributed by atoms with Crippen LogP contribution in [0.2, 0.25) is 0 Å². The summed E-state index contributed by atoms with van der Waals surface area (Å²) in [5.74, 6) is 1.82. The number of aromatic nitrogens is 4. The molecular formula is C24H31N7O2. The fraction of sp³-hybridized carbons (Fsp3) is 0.500. The zero-order chi connectivity index (χ0) is 22.9. The number of likely N-dealkylation sites (tertiary alicyclic amines) is 1. The van der Waals surface area contributed by atoms with E-state index in [2.05, 4.69) is 39.5 Å². The van der Waals surface area contributed by atoms with Gasteiger partial charge >= 0.3 is 0 Å². The lowest BCUT2D eigenvalue weighted by atomic mass is 9.98. The van der Waals surface area contributed by atoms with Crippen LogP contribution in [0.3, 0.4) is 0 Å². The van der Waals surface area contributed by atoms with Crippen LogP contribution >= 0.6 is 0 Å². The van der Waals surface area contributed by atoms with E-state index in [1.54, 1.807) is 26.4 Å². The number of rotatable bonds is 5. The number of carbonyl (C=O) groups is 1. The van der Waals surface area contributed by atoms with Crippen LogP contribution in [0.25, 0.3) is 11.0 Å². The maximum absolute atomic E-state index is 11.8. The van der Waals surface area contributed by atoms with E-state index in [9.17, 15) is 4.79 Å². The maximum Gasteiger partial charge on any atom is 0.229 e. The minimum atomic E-state index is 0.143. The zero-order valence-electron chi connectivity index (χ0n) is 19.5. The van der Waals surface area contributed by atoms with E-state index in [1.807, 2.05) is 9.58 Å². The molecule has 0 spiro atoms. The van der Waals surface area contributed by atoms with E-state index in [4.69, 9.17) is 9.72 Å². The Morgan fingerprint density at radius 3 is 2.94 bits per heavy atom. The fourth-order valence-corrected chi connectivity index (χ4v) is 4.92. The lowest BCUT2D eigenvalue weighted by Gasteiger charge is -2.32. The third-order valence-electron chi connectivity index (χ3n) is 6.74. The van der Waals surface area contributed by atoms with E-state index >= 15 is 0 Å². The Hall–Kier alpha value is -3.20. The number of nitrogens with zero attached hydrogens (tertiary/aromatic N) is 6. The maximum atomic E-state index is 11.8. The summed E-state index contributed by atoms with van der Waals surface area (Å²) in [7, 11) is 3.83. The molecule has 1 N–H and O–H groups in total. The van der Waals surface area contributed by atoms with Crippen molar-refractivity contribution in [3.63, 3.8) is 0 Å². The molecule has 0 unspecified atom stereocenters. The first-order valence-electron chi connectivity index (χ1n) is 11.6. The summed E-state index contributed by atoms with van der Waals surface area (Å²) in [6.45, 7) is 5.97. The molecule has 9 nitrogen and oxygen atoms in total. The highest BCUT2D eigenvalue weighted by Crippen LogP contribution is 2.33. The molecule has 3 aromatic rings. The number of benzene rings is 1. The quantitative estimate of drug-likeness (QED) is 0.641. The number of hydrogen-bond acceptors (Lipinski definition) is 7. The Balaban J connectivity index is 1.39. The summed E-state index contributed by atoms with van der Waals surface area (Å²) in [6, 6.07) is 4.27. The molecule has 33 heavy (non-hydrogen) atoms. The molecule has 2 aromatic heterocycles. The Morgan fingerprint density at radius 1 is 1.24 bits per heavy atom. The van der Waals surface area contributed by atoms with Gasteiger partial charge < -0.3 is 19.9 Å². The van der Waals surface area contributed by atoms with Crippen LogP contribution in [0.4, 0.5) is 11.6 Å². The van der Waals surface area contributed by atoms with Gasteiger partial charge in [-0.2, -0.15) is 10.1 Å². The molecular weight excluding hydrogens is 418 g/mol. The Bertz CT molecular complexity index is 1180. The predicted molar refractivity (Wildman–Crippen MR) is 127 cm³/mol. The smallest absolute Gasteiger partial charge is 0.229 e. The van der Waals surface area contributed by atoms with Gasteiger partial charge in [0, 0.05) is 45.8 Å². The van der Waals surface area contributed by atoms with Crippen molar-refractivity contribution in [1.29, 1.82) is 0 Å². The summed E-state index contributed by atoms with van der Waals surface area (Å²) in [6.07, 6.45) is 6.74. The van der Waals surface area contributed by atoms with Gasteiger partial charge in [0.15, 0.2) is 5.65 Å². The van der Waals surface area contributed by atoms with Gasteiger partial charge in [-0.05, 0) is 55.5 Å². The summed E-state index contributed by atoms with van der Waals surface area (Å²) in [5, 5.41) is 8.83. The summed E-state index contributed by atoms with van der Waals surface area (Å²) >= 11 is 0. The molecule has 2 aliphatic rings. The molecule has 4 heterocycles. The van der Waals surface area contributed by atoms with Gasteiger partial charge in [0.2, 0.25) is 11.9 Å². The van der Waals surface area contributed by atoms with Gasteiger partial charge in [-0.25, -0.2) is 9.67 Å². The lowest BCUT2D eigenvalue weighted by Crippen LogP contribution is -2.39. The number of methoxy groups -OCH3 is 1. The molecule has 5 rings (SSSR count). The van der Waals surface area contributed by atoms with Crippen LogP contribution in [0.1, 0.15) is 30.9 Å². The number of amides is 1. The first-order chi connectivity index (χ1) is 16.0. The van der Waals surface area contributed by atoms with Crippen molar-refractivity contribution in [2.75, 3.05) is 39.1 Å². The van der Waals surface area contributed by atoms with Crippen LogP contribution < -0.4 is 10.1 Å². The third-order valence-corrected chi connectivity index (χ3v) is 6.74. The topological polar surface area (TPSA) is 88.4 Å². The van der Waals surface area contributed by atoms with Crippen molar-refractivity contribution in [3.05, 3.63) is 35.7 Å². The molecule has 1 amide bonds. The van der Waals surface area contributed by atoms with Crippen molar-refractivity contribution in [2.45, 2.75) is 39.3 Å². The largest absolute Gasteiger partial charge is 0.495 e. The SMILES string of the molecule is COc1cc2c(cc1Nc1ncc3cnn(C[C@H]4CCCN(C(C)=O)C4)c3n1)CN(C)CC2. The molecule has 9 heteroatoms. The van der Waals surface area contributed by atoms with E-state index in [0.29, 0.717) is 11.9 Å². The van der Waals surface area contributed by atoms with Crippen LogP contribution in [-0.4, -0.2) is 69.2 Å². The summed E-state index contributed by atoms with van der Waals surface area (Å²) in [4.78, 5) is 25.3. The number of anilines is 2. The van der Waals surface area contributed by atoms with Crippen LogP contribution in [-0.2, 0) is 24.3 Å². The highest BCUT2D eigenvalue weighted by atomic mass is 16.5. The second-order valence-electron chi connectivity index (χ2n) is 9.21. The van der Waals surface area contributed by atoms with Crippen LogP contribution in [0, 0.1) is 5.92 Å². The fourth-order valence-electron chi connectivity index (χ4n) is 4.92. The first kappa shape index (κ1) is 21.6. The highest BCUT2D eigenvalue weighted by molar-refractivity contribution is 5.76. The van der Waals surface area contributed by atoms with Crippen molar-refractivity contribution in [3.8, 4) is 5.75 Å². The normalized spacial score (nSPS) is 18.9. The molecule has 2 aliphatic heterocycles. The molecule has 0 bridgehead atoms. The Labute approximate surface area is 193 Å². The van der Waals surface area contributed by atoms with Crippen molar-refractivity contribution in [2.24, 2.45) is 5.92 Å². The van der Waals surface area contributed by atoms with E-state index < -0.39 is 0 Å². The number of hydrogen-bond donors (Lipinski definition) is 1. The summed E-state index contributed by atoms with van der Waals surface area (Å²) in [5.41, 5.74) is 4.29. The van der Waals surface area contributed by atoms with Crippen molar-refractivity contribution >= 4 is 28.6 Å². The lowest BCUT2D eigenvalue weighted by molar-refractivity contribution is -0.130. The van der Waals surface area contributed by atoms with E-state index in [0.717, 1.165) is 74.5 Å². The minimum absolute atomic E-state index is 0.143. The second-order valence-corrected chi connectivity index (χ2v) is 9.21. The molecule has 1 fully saturated rings. The number of nitrogens with one attached hydrogen (secondary N) is 1. The standard InChI is InChI=1S/C24H31N7O2/c1-16(32)30-7-4-5-17(13-30)14-31-23-20(12-26-31)11-25-24(28-23)27-21-9-19-15-29(2)8-6-18(19)10-22(21)33-3/h9-12,17H,4-8,13-15H2,1-3H3,(H,25,27,28)/t17-/m0/s1. The molecule has 0 radical (unpaired) electrons. The van der Waals surface area contributed by atoms with Crippen LogP contribution in [0.15, 0.2) is 24.5 Å². The van der Waals surface area contributed by atoms with E-state index in [1.165, 1.54) is 11.1 Å². The monoisotopic (exact) mass is 449 g/mol. The van der Waals surface area contributed by atoms with Gasteiger partial charge in [-0.3, -0.25) is 4.79 Å². The van der Waals surface area contributed by atoms with Gasteiger partial charge in [-0.1, -0.05) is 0 Å². The molecule has 174 valence electrons. The van der Waals surface area contributed by atoms with E-state index in [-0.39, 0.29) is 5.91 Å². The third kappa shape index (κ3) is 4.50. The van der Waals surface area contributed by atoms with Gasteiger partial charge in [0.25, 0.3) is 0 Å². The number of likely N-dealkylation sites (N-methyl/N-ethyl adjacent to an activating group) is 1. The van der Waals surface area contributed by atoms with Crippen molar-refractivity contribution in [1.82, 2.24) is 29.5 Å². The molecule has 0 saturated carbocycles. The minimum Gasteiger partial charge on any atom is -0.495 e. The second kappa shape index (κ2) is 8.97. The highest BCUT2D eigenvalue weighted by Gasteiger charge is 2.23. The number of carbonyl (C=O) groups excluding carboxylic acids is 1. The van der Waals surface area contributed by atoms with Crippen LogP contribution in [0.5, 0.6) is 5.75 Å². The van der Waals surface area contributed by atoms with Crippen molar-refractivity contribution < 1.29 is 9.53 Å². The average Bonchev–Trinajstić information content (AvgIpc) is 3.20. The van der Waals surface area contributed by atoms with Gasteiger partial charge in [0.1, 0.15) is 5.75 Å². The Kier molecular flexibility index (Phi) is 5.88. The average molecular weight is 450 g/mol.